The molecule has 7 heteroatoms. The number of fused-ring (bicyclic) bond motifs is 1. The van der Waals surface area contributed by atoms with Crippen LogP contribution in [0.15, 0.2) is 14.7 Å². The van der Waals surface area contributed by atoms with Crippen LogP contribution in [0.1, 0.15) is 43.4 Å². The molecule has 2 aliphatic rings. The number of halogens is 1. The maximum atomic E-state index is 13.1. The topological polar surface area (TPSA) is 63.4 Å². The van der Waals surface area contributed by atoms with E-state index in [0.717, 1.165) is 24.1 Å². The molecule has 1 aromatic heterocycles. The first-order valence-electron chi connectivity index (χ1n) is 7.54. The Hall–Kier alpha value is 0.0500. The molecule has 21 heavy (non-hydrogen) atoms. The average molecular weight is 393 g/mol. The van der Waals surface area contributed by atoms with Gasteiger partial charge in [0.1, 0.15) is 4.90 Å². The van der Waals surface area contributed by atoms with Crippen molar-refractivity contribution in [1.82, 2.24) is 4.31 Å². The fraction of sp³-hybridized carbons (Fsp3) is 0.714. The molecule has 1 aromatic rings. The minimum Gasteiger partial charge on any atom is -0.326 e. The molecule has 2 atom stereocenters. The van der Waals surface area contributed by atoms with E-state index in [1.807, 2.05) is 0 Å². The third-order valence-electron chi connectivity index (χ3n) is 4.69. The number of rotatable bonds is 3. The average Bonchev–Trinajstić information content (AvgIpc) is 2.88. The molecule has 4 nitrogen and oxygen atoms in total. The van der Waals surface area contributed by atoms with Gasteiger partial charge in [0.2, 0.25) is 10.0 Å². The van der Waals surface area contributed by atoms with Gasteiger partial charge in [-0.25, -0.2) is 8.42 Å². The molecule has 0 spiro atoms. The monoisotopic (exact) mass is 392 g/mol. The summed E-state index contributed by atoms with van der Waals surface area (Å²) in [6, 6.07) is 1.93. The largest absolute Gasteiger partial charge is 0.326 e. The van der Waals surface area contributed by atoms with E-state index in [-0.39, 0.29) is 6.04 Å². The van der Waals surface area contributed by atoms with E-state index in [1.54, 1.807) is 10.4 Å². The van der Waals surface area contributed by atoms with Gasteiger partial charge in [-0.05, 0) is 53.6 Å². The molecule has 2 N–H and O–H groups in total. The van der Waals surface area contributed by atoms with Gasteiger partial charge in [-0.3, -0.25) is 0 Å². The minimum absolute atomic E-state index is 0.200. The zero-order valence-electron chi connectivity index (χ0n) is 11.9. The molecule has 2 fully saturated rings. The van der Waals surface area contributed by atoms with Crippen LogP contribution in [0.5, 0.6) is 0 Å². The smallest absolute Gasteiger partial charge is 0.245 e. The van der Waals surface area contributed by atoms with Crippen LogP contribution < -0.4 is 5.73 Å². The molecule has 1 aliphatic carbocycles. The van der Waals surface area contributed by atoms with Crippen LogP contribution in [0.25, 0.3) is 0 Å². The first-order chi connectivity index (χ1) is 10.0. The standard InChI is InChI=1S/C14H21BrN2O2S2/c15-14-13(8-11(9-16)20-14)21(18,19)17-7-3-5-10-4-1-2-6-12(10)17/h8,10,12H,1-7,9,16H2. The predicted molar refractivity (Wildman–Crippen MR) is 88.8 cm³/mol. The van der Waals surface area contributed by atoms with Crippen LogP contribution in [0, 0.1) is 5.92 Å². The van der Waals surface area contributed by atoms with Gasteiger partial charge in [0, 0.05) is 24.0 Å². The molecule has 0 bridgehead atoms. The van der Waals surface area contributed by atoms with Crippen LogP contribution in [-0.4, -0.2) is 25.3 Å². The van der Waals surface area contributed by atoms with Crippen LogP contribution in [0.3, 0.4) is 0 Å². The molecule has 0 amide bonds. The summed E-state index contributed by atoms with van der Waals surface area (Å²) in [4.78, 5) is 1.30. The summed E-state index contributed by atoms with van der Waals surface area (Å²) in [6.45, 7) is 1.04. The Kier molecular flexibility index (Phi) is 4.76. The second kappa shape index (κ2) is 6.28. The van der Waals surface area contributed by atoms with Crippen molar-refractivity contribution in [3.63, 3.8) is 0 Å². The number of hydrogen-bond acceptors (Lipinski definition) is 4. The normalized spacial score (nSPS) is 27.5. The lowest BCUT2D eigenvalue weighted by Gasteiger charge is -2.43. The van der Waals surface area contributed by atoms with Gasteiger partial charge in [0.05, 0.1) is 3.79 Å². The van der Waals surface area contributed by atoms with E-state index in [1.165, 1.54) is 30.6 Å². The molecule has 0 radical (unpaired) electrons. The molecule has 2 unspecified atom stereocenters. The molecule has 1 saturated carbocycles. The van der Waals surface area contributed by atoms with Gasteiger partial charge in [0.25, 0.3) is 0 Å². The maximum Gasteiger partial charge on any atom is 0.245 e. The number of nitrogens with two attached hydrogens (primary N) is 1. The van der Waals surface area contributed by atoms with Crippen molar-refractivity contribution >= 4 is 37.3 Å². The van der Waals surface area contributed by atoms with E-state index in [2.05, 4.69) is 15.9 Å². The number of piperidine rings is 1. The van der Waals surface area contributed by atoms with Crippen molar-refractivity contribution in [1.29, 1.82) is 0 Å². The first kappa shape index (κ1) is 15.9. The van der Waals surface area contributed by atoms with Gasteiger partial charge >= 0.3 is 0 Å². The van der Waals surface area contributed by atoms with E-state index in [0.29, 0.717) is 27.7 Å². The highest BCUT2D eigenvalue weighted by atomic mass is 79.9. The zero-order chi connectivity index (χ0) is 15.0. The SMILES string of the molecule is NCc1cc(S(=O)(=O)N2CCCC3CCCCC32)c(Br)s1. The van der Waals surface area contributed by atoms with E-state index < -0.39 is 10.0 Å². The molecule has 0 aromatic carbocycles. The Morgan fingerprint density at radius 3 is 2.71 bits per heavy atom. The van der Waals surface area contributed by atoms with Gasteiger partial charge in [-0.15, -0.1) is 11.3 Å². The number of nitrogens with zero attached hydrogens (tertiary/aromatic N) is 1. The van der Waals surface area contributed by atoms with Crippen LogP contribution >= 0.6 is 27.3 Å². The second-order valence-electron chi connectivity index (χ2n) is 5.92. The summed E-state index contributed by atoms with van der Waals surface area (Å²) in [5.74, 6) is 0.550. The Morgan fingerprint density at radius 2 is 2.00 bits per heavy atom. The van der Waals surface area contributed by atoms with E-state index >= 15 is 0 Å². The third kappa shape index (κ3) is 2.95. The fourth-order valence-electron chi connectivity index (χ4n) is 3.68. The minimum atomic E-state index is -3.41. The summed E-state index contributed by atoms with van der Waals surface area (Å²) in [5.41, 5.74) is 5.64. The van der Waals surface area contributed by atoms with E-state index in [4.69, 9.17) is 5.73 Å². The Morgan fingerprint density at radius 1 is 1.29 bits per heavy atom. The molecule has 1 aliphatic heterocycles. The third-order valence-corrected chi connectivity index (χ3v) is 8.89. The molecule has 118 valence electrons. The Balaban J connectivity index is 1.94. The summed E-state index contributed by atoms with van der Waals surface area (Å²) in [6.07, 6.45) is 6.73. The summed E-state index contributed by atoms with van der Waals surface area (Å²) in [5, 5.41) is 0. The molecule has 2 heterocycles. The lowest BCUT2D eigenvalue weighted by molar-refractivity contribution is 0.129. The molecule has 1 saturated heterocycles. The van der Waals surface area contributed by atoms with Crippen LogP contribution in [0.2, 0.25) is 0 Å². The lowest BCUT2D eigenvalue weighted by atomic mass is 9.79. The van der Waals surface area contributed by atoms with Gasteiger partial charge < -0.3 is 5.73 Å². The van der Waals surface area contributed by atoms with Crippen molar-refractivity contribution in [3.05, 3.63) is 14.7 Å². The van der Waals surface area contributed by atoms with E-state index in [9.17, 15) is 8.42 Å². The highest BCUT2D eigenvalue weighted by molar-refractivity contribution is 9.11. The van der Waals surface area contributed by atoms with Crippen LogP contribution in [0.4, 0.5) is 0 Å². The van der Waals surface area contributed by atoms with Crippen LogP contribution in [-0.2, 0) is 16.6 Å². The Bertz CT molecular complexity index is 612. The van der Waals surface area contributed by atoms with Crippen molar-refractivity contribution < 1.29 is 8.42 Å². The molecular formula is C14H21BrN2O2S2. The van der Waals surface area contributed by atoms with Crippen molar-refractivity contribution in [2.75, 3.05) is 6.54 Å². The van der Waals surface area contributed by atoms with Crippen molar-refractivity contribution in [3.8, 4) is 0 Å². The fourth-order valence-corrected chi connectivity index (χ4v) is 7.95. The summed E-state index contributed by atoms with van der Waals surface area (Å²) >= 11 is 4.83. The highest BCUT2D eigenvalue weighted by Gasteiger charge is 2.40. The molecular weight excluding hydrogens is 372 g/mol. The second-order valence-corrected chi connectivity index (χ2v) is 10.2. The van der Waals surface area contributed by atoms with Gasteiger partial charge in [-0.2, -0.15) is 4.31 Å². The Labute approximate surface area is 138 Å². The highest BCUT2D eigenvalue weighted by Crippen LogP contribution is 2.40. The predicted octanol–water partition coefficient (Wildman–Crippen LogP) is 3.31. The van der Waals surface area contributed by atoms with Gasteiger partial charge in [0.15, 0.2) is 0 Å². The lowest BCUT2D eigenvalue weighted by Crippen LogP contribution is -2.49. The number of thiophene rings is 1. The summed E-state index contributed by atoms with van der Waals surface area (Å²) in [7, 11) is -3.41. The number of sulfonamides is 1. The zero-order valence-corrected chi connectivity index (χ0v) is 15.1. The van der Waals surface area contributed by atoms with Crippen molar-refractivity contribution in [2.45, 2.75) is 56.0 Å². The number of hydrogen-bond donors (Lipinski definition) is 1. The van der Waals surface area contributed by atoms with Gasteiger partial charge in [-0.1, -0.05) is 12.8 Å². The first-order valence-corrected chi connectivity index (χ1v) is 10.6. The summed E-state index contributed by atoms with van der Waals surface area (Å²) < 4.78 is 28.6. The maximum absolute atomic E-state index is 13.1. The quantitative estimate of drug-likeness (QED) is 0.857. The van der Waals surface area contributed by atoms with Crippen molar-refractivity contribution in [2.24, 2.45) is 11.7 Å². The molecule has 3 rings (SSSR count).